The van der Waals surface area contributed by atoms with E-state index in [0.717, 1.165) is 17.6 Å². The van der Waals surface area contributed by atoms with E-state index in [1.54, 1.807) is 0 Å². The minimum Gasteiger partial charge on any atom is -0.366 e. The molecule has 1 aromatic heterocycles. The number of benzene rings is 1. The number of nitrogens with zero attached hydrogens (tertiary/aromatic N) is 2. The van der Waals surface area contributed by atoms with Gasteiger partial charge in [-0.3, -0.25) is 4.79 Å². The van der Waals surface area contributed by atoms with Crippen molar-refractivity contribution < 1.29 is 9.18 Å². The van der Waals surface area contributed by atoms with Crippen molar-refractivity contribution in [2.45, 2.75) is 0 Å². The van der Waals surface area contributed by atoms with E-state index >= 15 is 0 Å². The van der Waals surface area contributed by atoms with Crippen LogP contribution < -0.4 is 5.73 Å². The summed E-state index contributed by atoms with van der Waals surface area (Å²) in [5.41, 5.74) is 5.31. The van der Waals surface area contributed by atoms with E-state index in [-0.39, 0.29) is 11.1 Å². The molecule has 0 saturated carbocycles. The van der Waals surface area contributed by atoms with Crippen molar-refractivity contribution in [2.24, 2.45) is 5.73 Å². The number of hydrogen-bond acceptors (Lipinski definition) is 4. The summed E-state index contributed by atoms with van der Waals surface area (Å²) < 4.78 is 17.2. The lowest BCUT2D eigenvalue weighted by Gasteiger charge is -1.94. The zero-order chi connectivity index (χ0) is 9.42. The summed E-state index contributed by atoms with van der Waals surface area (Å²) >= 11 is 1.02. The van der Waals surface area contributed by atoms with Crippen LogP contribution in [0.3, 0.4) is 0 Å². The van der Waals surface area contributed by atoms with Gasteiger partial charge in [-0.05, 0) is 23.7 Å². The van der Waals surface area contributed by atoms with Gasteiger partial charge >= 0.3 is 0 Å². The number of carbonyl (C=O) groups excluding carboxylic acids is 1. The summed E-state index contributed by atoms with van der Waals surface area (Å²) in [4.78, 5) is 10.7. The number of rotatable bonds is 1. The van der Waals surface area contributed by atoms with Crippen LogP contribution in [-0.2, 0) is 0 Å². The van der Waals surface area contributed by atoms with Crippen LogP contribution in [0.2, 0.25) is 0 Å². The summed E-state index contributed by atoms with van der Waals surface area (Å²) in [5, 5.41) is 3.56. The van der Waals surface area contributed by atoms with Crippen molar-refractivity contribution in [3.05, 3.63) is 23.5 Å². The fourth-order valence-electron chi connectivity index (χ4n) is 0.988. The van der Waals surface area contributed by atoms with E-state index in [2.05, 4.69) is 9.59 Å². The molecule has 66 valence electrons. The fourth-order valence-corrected chi connectivity index (χ4v) is 1.60. The number of aromatic nitrogens is 2. The predicted molar refractivity (Wildman–Crippen MR) is 45.9 cm³/mol. The minimum absolute atomic E-state index is 0.135. The largest absolute Gasteiger partial charge is 0.366 e. The van der Waals surface area contributed by atoms with E-state index in [1.807, 2.05) is 0 Å². The first-order chi connectivity index (χ1) is 6.18. The fraction of sp³-hybridized carbons (Fsp3) is 0. The number of halogens is 1. The van der Waals surface area contributed by atoms with Crippen molar-refractivity contribution in [3.8, 4) is 0 Å². The van der Waals surface area contributed by atoms with Crippen LogP contribution in [0.15, 0.2) is 12.1 Å². The maximum absolute atomic E-state index is 13.1. The molecule has 0 aliphatic carbocycles. The van der Waals surface area contributed by atoms with Gasteiger partial charge in [0, 0.05) is 5.56 Å². The van der Waals surface area contributed by atoms with Crippen molar-refractivity contribution in [1.29, 1.82) is 0 Å². The second-order valence-corrected chi connectivity index (χ2v) is 3.23. The first kappa shape index (κ1) is 8.06. The lowest BCUT2D eigenvalue weighted by atomic mass is 10.2. The third-order valence-corrected chi connectivity index (χ3v) is 2.26. The summed E-state index contributed by atoms with van der Waals surface area (Å²) in [5.74, 6) is -1.23. The second kappa shape index (κ2) is 2.74. The molecular formula is C7H4FN3OS. The summed E-state index contributed by atoms with van der Waals surface area (Å²) in [6.07, 6.45) is 0. The molecule has 2 N–H and O–H groups in total. The molecule has 2 rings (SSSR count). The van der Waals surface area contributed by atoms with Gasteiger partial charge in [-0.15, -0.1) is 5.10 Å². The normalized spacial score (nSPS) is 10.5. The van der Waals surface area contributed by atoms with E-state index < -0.39 is 11.7 Å². The SMILES string of the molecule is NC(=O)c1cc(F)c2nnsc2c1. The van der Waals surface area contributed by atoms with Crippen molar-refractivity contribution in [2.75, 3.05) is 0 Å². The average molecular weight is 197 g/mol. The number of fused-ring (bicyclic) bond motifs is 1. The van der Waals surface area contributed by atoms with Crippen LogP contribution in [-0.4, -0.2) is 15.5 Å². The van der Waals surface area contributed by atoms with Crippen LogP contribution in [0, 0.1) is 5.82 Å². The molecule has 1 aromatic carbocycles. The smallest absolute Gasteiger partial charge is 0.248 e. The Hall–Kier alpha value is -1.56. The Morgan fingerprint density at radius 1 is 1.54 bits per heavy atom. The molecule has 4 nitrogen and oxygen atoms in total. The lowest BCUT2D eigenvalue weighted by Crippen LogP contribution is -2.10. The van der Waals surface area contributed by atoms with Gasteiger partial charge in [-0.1, -0.05) is 4.49 Å². The molecule has 0 aliphatic rings. The number of amides is 1. The van der Waals surface area contributed by atoms with E-state index in [0.29, 0.717) is 4.70 Å². The van der Waals surface area contributed by atoms with Gasteiger partial charge in [0.2, 0.25) is 5.91 Å². The number of carbonyl (C=O) groups is 1. The highest BCUT2D eigenvalue weighted by atomic mass is 32.1. The Bertz CT molecular complexity index is 482. The van der Waals surface area contributed by atoms with Gasteiger partial charge in [0.05, 0.1) is 4.70 Å². The van der Waals surface area contributed by atoms with Gasteiger partial charge in [0.1, 0.15) is 5.52 Å². The van der Waals surface area contributed by atoms with Crippen molar-refractivity contribution >= 4 is 27.7 Å². The lowest BCUT2D eigenvalue weighted by molar-refractivity contribution is 0.1000. The summed E-state index contributed by atoms with van der Waals surface area (Å²) in [6.45, 7) is 0. The monoisotopic (exact) mass is 197 g/mol. The molecule has 0 fully saturated rings. The Balaban J connectivity index is 2.77. The molecule has 1 heterocycles. The molecule has 0 radical (unpaired) electrons. The number of primary amides is 1. The molecule has 6 heteroatoms. The van der Waals surface area contributed by atoms with Crippen LogP contribution in [0.5, 0.6) is 0 Å². The molecule has 0 bridgehead atoms. The molecule has 0 unspecified atom stereocenters. The standard InChI is InChI=1S/C7H4FN3OS/c8-4-1-3(7(9)12)2-5-6(4)10-11-13-5/h1-2H,(H2,9,12). The minimum atomic E-state index is -0.658. The van der Waals surface area contributed by atoms with Gasteiger partial charge in [0.15, 0.2) is 5.82 Å². The van der Waals surface area contributed by atoms with Gasteiger partial charge < -0.3 is 5.73 Å². The van der Waals surface area contributed by atoms with Crippen LogP contribution in [0.4, 0.5) is 4.39 Å². The zero-order valence-electron chi connectivity index (χ0n) is 6.32. The molecule has 0 saturated heterocycles. The Morgan fingerprint density at radius 3 is 3.00 bits per heavy atom. The first-order valence-corrected chi connectivity index (χ1v) is 4.17. The predicted octanol–water partition coefficient (Wildman–Crippen LogP) is 0.929. The quantitative estimate of drug-likeness (QED) is 0.739. The Labute approximate surface area is 76.3 Å². The third-order valence-electron chi connectivity index (χ3n) is 1.59. The molecule has 2 aromatic rings. The highest BCUT2D eigenvalue weighted by molar-refractivity contribution is 7.12. The van der Waals surface area contributed by atoms with Gasteiger partial charge in [-0.25, -0.2) is 4.39 Å². The van der Waals surface area contributed by atoms with Crippen molar-refractivity contribution in [3.63, 3.8) is 0 Å². The van der Waals surface area contributed by atoms with Crippen LogP contribution >= 0.6 is 11.5 Å². The molecule has 0 spiro atoms. The highest BCUT2D eigenvalue weighted by Crippen LogP contribution is 2.20. The first-order valence-electron chi connectivity index (χ1n) is 3.40. The van der Waals surface area contributed by atoms with E-state index in [9.17, 15) is 9.18 Å². The van der Waals surface area contributed by atoms with E-state index in [1.165, 1.54) is 6.07 Å². The Morgan fingerprint density at radius 2 is 2.31 bits per heavy atom. The number of nitrogens with two attached hydrogens (primary N) is 1. The summed E-state index contributed by atoms with van der Waals surface area (Å²) in [6, 6.07) is 2.54. The Kier molecular flexibility index (Phi) is 1.70. The topological polar surface area (TPSA) is 68.9 Å². The zero-order valence-corrected chi connectivity index (χ0v) is 7.14. The van der Waals surface area contributed by atoms with Crippen LogP contribution in [0.25, 0.3) is 10.2 Å². The average Bonchev–Trinajstić information content (AvgIpc) is 2.51. The second-order valence-electron chi connectivity index (χ2n) is 2.44. The maximum Gasteiger partial charge on any atom is 0.248 e. The van der Waals surface area contributed by atoms with Gasteiger partial charge in [0.25, 0.3) is 0 Å². The summed E-state index contributed by atoms with van der Waals surface area (Å²) in [7, 11) is 0. The van der Waals surface area contributed by atoms with Gasteiger partial charge in [-0.2, -0.15) is 0 Å². The van der Waals surface area contributed by atoms with Crippen molar-refractivity contribution in [1.82, 2.24) is 9.59 Å². The van der Waals surface area contributed by atoms with Crippen LogP contribution in [0.1, 0.15) is 10.4 Å². The number of hydrogen-bond donors (Lipinski definition) is 1. The molecule has 13 heavy (non-hydrogen) atoms. The molecular weight excluding hydrogens is 193 g/mol. The maximum atomic E-state index is 13.1. The molecule has 1 amide bonds. The highest BCUT2D eigenvalue weighted by Gasteiger charge is 2.09. The third kappa shape index (κ3) is 1.25. The van der Waals surface area contributed by atoms with E-state index in [4.69, 9.17) is 5.73 Å². The molecule has 0 atom stereocenters. The molecule has 0 aliphatic heterocycles.